The SMILES string of the molecule is C=C(C)COC1CCCCC1=NCc1ccccc1. The molecule has 0 heterocycles. The predicted octanol–water partition coefficient (Wildman–Crippen LogP) is 4.16. The normalized spacial score (nSPS) is 21.5. The maximum absolute atomic E-state index is 5.92. The van der Waals surface area contributed by atoms with Gasteiger partial charge in [0.15, 0.2) is 0 Å². The van der Waals surface area contributed by atoms with Gasteiger partial charge in [-0.15, -0.1) is 0 Å². The van der Waals surface area contributed by atoms with Gasteiger partial charge in [0.05, 0.1) is 19.3 Å². The van der Waals surface area contributed by atoms with Crippen LogP contribution in [0.1, 0.15) is 38.2 Å². The van der Waals surface area contributed by atoms with Crippen LogP contribution in [-0.4, -0.2) is 18.4 Å². The van der Waals surface area contributed by atoms with Crippen LogP contribution in [0, 0.1) is 0 Å². The molecular formula is C17H23NO. The van der Waals surface area contributed by atoms with Crippen LogP contribution >= 0.6 is 0 Å². The molecule has 1 aromatic carbocycles. The van der Waals surface area contributed by atoms with Crippen LogP contribution in [0.2, 0.25) is 0 Å². The number of benzene rings is 1. The molecule has 0 amide bonds. The molecule has 0 bridgehead atoms. The number of rotatable bonds is 5. The number of aliphatic imine (C=N–C) groups is 1. The summed E-state index contributed by atoms with van der Waals surface area (Å²) in [4.78, 5) is 4.77. The molecule has 0 aliphatic heterocycles. The summed E-state index contributed by atoms with van der Waals surface area (Å²) in [5.41, 5.74) is 3.57. The van der Waals surface area contributed by atoms with E-state index in [1.165, 1.54) is 24.1 Å². The molecule has 102 valence electrons. The first kappa shape index (κ1) is 14.0. The summed E-state index contributed by atoms with van der Waals surface area (Å²) in [5, 5.41) is 0. The summed E-state index contributed by atoms with van der Waals surface area (Å²) in [7, 11) is 0. The molecule has 0 N–H and O–H groups in total. The number of hydrogen-bond donors (Lipinski definition) is 0. The Kier molecular flexibility index (Phi) is 5.34. The molecule has 0 saturated heterocycles. The van der Waals surface area contributed by atoms with Gasteiger partial charge < -0.3 is 4.74 Å². The average molecular weight is 257 g/mol. The van der Waals surface area contributed by atoms with E-state index in [9.17, 15) is 0 Å². The maximum atomic E-state index is 5.92. The second-order valence-electron chi connectivity index (χ2n) is 5.30. The van der Waals surface area contributed by atoms with Crippen molar-refractivity contribution in [2.24, 2.45) is 4.99 Å². The van der Waals surface area contributed by atoms with Crippen molar-refractivity contribution in [1.82, 2.24) is 0 Å². The van der Waals surface area contributed by atoms with Gasteiger partial charge in [-0.1, -0.05) is 48.9 Å². The second kappa shape index (κ2) is 7.25. The van der Waals surface area contributed by atoms with Crippen molar-refractivity contribution in [3.63, 3.8) is 0 Å². The highest BCUT2D eigenvalue weighted by Gasteiger charge is 2.20. The van der Waals surface area contributed by atoms with E-state index in [1.54, 1.807) is 0 Å². The van der Waals surface area contributed by atoms with Gasteiger partial charge in [0, 0.05) is 5.71 Å². The highest BCUT2D eigenvalue weighted by molar-refractivity contribution is 5.89. The molecule has 0 radical (unpaired) electrons. The minimum absolute atomic E-state index is 0.203. The zero-order valence-electron chi connectivity index (χ0n) is 11.8. The topological polar surface area (TPSA) is 21.6 Å². The lowest BCUT2D eigenvalue weighted by Crippen LogP contribution is -2.28. The first-order valence-corrected chi connectivity index (χ1v) is 7.09. The Morgan fingerprint density at radius 2 is 2.11 bits per heavy atom. The van der Waals surface area contributed by atoms with Crippen LogP contribution in [0.4, 0.5) is 0 Å². The lowest BCUT2D eigenvalue weighted by Gasteiger charge is -2.24. The van der Waals surface area contributed by atoms with Gasteiger partial charge in [-0.25, -0.2) is 0 Å². The van der Waals surface area contributed by atoms with Crippen molar-refractivity contribution in [2.75, 3.05) is 6.61 Å². The summed E-state index contributed by atoms with van der Waals surface area (Å²) in [6, 6.07) is 10.4. The second-order valence-corrected chi connectivity index (χ2v) is 5.30. The summed E-state index contributed by atoms with van der Waals surface area (Å²) in [6.07, 6.45) is 4.86. The zero-order chi connectivity index (χ0) is 13.5. The number of ether oxygens (including phenoxy) is 1. The van der Waals surface area contributed by atoms with Crippen molar-refractivity contribution < 1.29 is 4.74 Å². The van der Waals surface area contributed by atoms with Gasteiger partial charge in [-0.3, -0.25) is 4.99 Å². The fourth-order valence-electron chi connectivity index (χ4n) is 2.34. The first-order valence-electron chi connectivity index (χ1n) is 7.09. The lowest BCUT2D eigenvalue weighted by atomic mass is 9.95. The Balaban J connectivity index is 1.96. The fraction of sp³-hybridized carbons (Fsp3) is 0.471. The number of hydrogen-bond acceptors (Lipinski definition) is 2. The van der Waals surface area contributed by atoms with E-state index in [-0.39, 0.29) is 6.10 Å². The van der Waals surface area contributed by atoms with E-state index in [4.69, 9.17) is 9.73 Å². The molecule has 19 heavy (non-hydrogen) atoms. The van der Waals surface area contributed by atoms with E-state index in [1.807, 2.05) is 13.0 Å². The lowest BCUT2D eigenvalue weighted by molar-refractivity contribution is 0.102. The summed E-state index contributed by atoms with van der Waals surface area (Å²) < 4.78 is 5.92. The molecule has 2 nitrogen and oxygen atoms in total. The van der Waals surface area contributed by atoms with Gasteiger partial charge in [-0.2, -0.15) is 0 Å². The Morgan fingerprint density at radius 3 is 2.84 bits per heavy atom. The Labute approximate surface area is 116 Å². The first-order chi connectivity index (χ1) is 9.25. The van der Waals surface area contributed by atoms with E-state index in [0.29, 0.717) is 6.61 Å². The quantitative estimate of drug-likeness (QED) is 0.726. The Hall–Kier alpha value is -1.41. The van der Waals surface area contributed by atoms with Crippen LogP contribution in [0.5, 0.6) is 0 Å². The highest BCUT2D eigenvalue weighted by Crippen LogP contribution is 2.20. The van der Waals surface area contributed by atoms with E-state index in [2.05, 4.69) is 30.8 Å². The van der Waals surface area contributed by atoms with Crippen LogP contribution < -0.4 is 0 Å². The van der Waals surface area contributed by atoms with Crippen molar-refractivity contribution in [3.05, 3.63) is 48.0 Å². The minimum atomic E-state index is 0.203. The molecule has 1 aliphatic rings. The van der Waals surface area contributed by atoms with E-state index < -0.39 is 0 Å². The molecule has 1 saturated carbocycles. The van der Waals surface area contributed by atoms with Crippen LogP contribution in [0.3, 0.4) is 0 Å². The van der Waals surface area contributed by atoms with Gasteiger partial charge in [0.25, 0.3) is 0 Å². The Bertz CT molecular complexity index is 436. The zero-order valence-corrected chi connectivity index (χ0v) is 11.8. The predicted molar refractivity (Wildman–Crippen MR) is 80.6 cm³/mol. The van der Waals surface area contributed by atoms with Crippen molar-refractivity contribution >= 4 is 5.71 Å². The standard InChI is InChI=1S/C17H23NO/c1-14(2)13-19-17-11-7-6-10-16(17)18-12-15-8-4-3-5-9-15/h3-5,8-9,17H,1,6-7,10-13H2,2H3. The number of nitrogens with zero attached hydrogens (tertiary/aromatic N) is 1. The third-order valence-electron chi connectivity index (χ3n) is 3.36. The monoisotopic (exact) mass is 257 g/mol. The van der Waals surface area contributed by atoms with E-state index >= 15 is 0 Å². The van der Waals surface area contributed by atoms with Crippen molar-refractivity contribution in [1.29, 1.82) is 0 Å². The van der Waals surface area contributed by atoms with Gasteiger partial charge in [0.2, 0.25) is 0 Å². The molecule has 1 atom stereocenters. The van der Waals surface area contributed by atoms with Crippen molar-refractivity contribution in [2.45, 2.75) is 45.3 Å². The maximum Gasteiger partial charge on any atom is 0.0955 e. The third kappa shape index (κ3) is 4.64. The largest absolute Gasteiger partial charge is 0.368 e. The van der Waals surface area contributed by atoms with Crippen molar-refractivity contribution in [3.8, 4) is 0 Å². The average Bonchev–Trinajstić information content (AvgIpc) is 2.45. The smallest absolute Gasteiger partial charge is 0.0955 e. The highest BCUT2D eigenvalue weighted by atomic mass is 16.5. The summed E-state index contributed by atoms with van der Waals surface area (Å²) in [6.45, 7) is 7.31. The van der Waals surface area contributed by atoms with Gasteiger partial charge in [-0.05, 0) is 31.7 Å². The summed E-state index contributed by atoms with van der Waals surface area (Å²) >= 11 is 0. The molecule has 0 aromatic heterocycles. The fourth-order valence-corrected chi connectivity index (χ4v) is 2.34. The van der Waals surface area contributed by atoms with Crippen LogP contribution in [-0.2, 0) is 11.3 Å². The molecule has 2 rings (SSSR count). The van der Waals surface area contributed by atoms with Crippen LogP contribution in [0.25, 0.3) is 0 Å². The van der Waals surface area contributed by atoms with Crippen LogP contribution in [0.15, 0.2) is 47.5 Å². The Morgan fingerprint density at radius 1 is 1.32 bits per heavy atom. The van der Waals surface area contributed by atoms with E-state index in [0.717, 1.165) is 25.0 Å². The molecule has 2 heteroatoms. The van der Waals surface area contributed by atoms with Gasteiger partial charge >= 0.3 is 0 Å². The summed E-state index contributed by atoms with van der Waals surface area (Å²) in [5.74, 6) is 0. The molecule has 1 aliphatic carbocycles. The molecule has 1 fully saturated rings. The molecule has 1 aromatic rings. The molecular weight excluding hydrogens is 234 g/mol. The van der Waals surface area contributed by atoms with Gasteiger partial charge in [0.1, 0.15) is 0 Å². The minimum Gasteiger partial charge on any atom is -0.368 e. The molecule has 1 unspecified atom stereocenters. The molecule has 0 spiro atoms. The third-order valence-corrected chi connectivity index (χ3v) is 3.36.